The number of carboxylic acid groups (broad SMARTS) is 1. The minimum absolute atomic E-state index is 0.0147. The second kappa shape index (κ2) is 4.30. The molecule has 1 aliphatic heterocycles. The van der Waals surface area contributed by atoms with E-state index >= 15 is 0 Å². The van der Waals surface area contributed by atoms with Gasteiger partial charge in [-0.1, -0.05) is 13.8 Å². The molecule has 1 aliphatic rings. The number of carboxylic acids is 1. The third-order valence-electron chi connectivity index (χ3n) is 2.38. The average molecular weight is 201 g/mol. The number of amides is 1. The third kappa shape index (κ3) is 2.37. The smallest absolute Gasteiger partial charge is 0.409 e. The van der Waals surface area contributed by atoms with Crippen molar-refractivity contribution in [1.29, 1.82) is 0 Å². The van der Waals surface area contributed by atoms with Crippen molar-refractivity contribution in [2.45, 2.75) is 13.8 Å². The van der Waals surface area contributed by atoms with E-state index in [9.17, 15) is 9.59 Å². The number of ether oxygens (including phenoxy) is 1. The van der Waals surface area contributed by atoms with Crippen molar-refractivity contribution in [3.8, 4) is 0 Å². The molecule has 5 heteroatoms. The molecule has 1 atom stereocenters. The maximum atomic E-state index is 11.1. The van der Waals surface area contributed by atoms with Crippen LogP contribution in [0.1, 0.15) is 13.8 Å². The van der Waals surface area contributed by atoms with Gasteiger partial charge in [0, 0.05) is 6.54 Å². The van der Waals surface area contributed by atoms with Crippen molar-refractivity contribution in [2.75, 3.05) is 19.7 Å². The number of hydrogen-bond donors (Lipinski definition) is 1. The SMILES string of the molecule is CC(C)C(CN1CCOC1=O)C(=O)O. The summed E-state index contributed by atoms with van der Waals surface area (Å²) in [6, 6.07) is 0. The van der Waals surface area contributed by atoms with E-state index in [0.717, 1.165) is 0 Å². The van der Waals surface area contributed by atoms with Crippen molar-refractivity contribution in [2.24, 2.45) is 11.8 Å². The standard InChI is InChI=1S/C9H15NO4/c1-6(2)7(8(11)12)5-10-3-4-14-9(10)13/h6-7H,3-5H2,1-2H3,(H,11,12). The summed E-state index contributed by atoms with van der Waals surface area (Å²) in [5, 5.41) is 8.91. The minimum atomic E-state index is -0.861. The summed E-state index contributed by atoms with van der Waals surface area (Å²) in [7, 11) is 0. The first kappa shape index (κ1) is 10.8. The molecule has 1 N–H and O–H groups in total. The Morgan fingerprint density at radius 3 is 2.64 bits per heavy atom. The molecule has 14 heavy (non-hydrogen) atoms. The fourth-order valence-electron chi connectivity index (χ4n) is 1.40. The van der Waals surface area contributed by atoms with Crippen LogP contribution in [0.2, 0.25) is 0 Å². The molecule has 1 rings (SSSR count). The molecule has 1 amide bonds. The molecule has 1 heterocycles. The molecule has 0 aromatic rings. The van der Waals surface area contributed by atoms with Crippen LogP contribution in [-0.4, -0.2) is 41.8 Å². The summed E-state index contributed by atoms with van der Waals surface area (Å²) in [4.78, 5) is 23.4. The van der Waals surface area contributed by atoms with Crippen LogP contribution in [0.3, 0.4) is 0 Å². The van der Waals surface area contributed by atoms with Crippen LogP contribution >= 0.6 is 0 Å². The van der Waals surface area contributed by atoms with E-state index in [2.05, 4.69) is 0 Å². The van der Waals surface area contributed by atoms with Gasteiger partial charge in [0.05, 0.1) is 12.5 Å². The van der Waals surface area contributed by atoms with Gasteiger partial charge in [-0.2, -0.15) is 0 Å². The highest BCUT2D eigenvalue weighted by molar-refractivity contribution is 5.73. The Hall–Kier alpha value is -1.26. The number of hydrogen-bond acceptors (Lipinski definition) is 3. The molecule has 5 nitrogen and oxygen atoms in total. The Bertz CT molecular complexity index is 239. The molecular formula is C9H15NO4. The second-order valence-electron chi connectivity index (χ2n) is 3.75. The maximum Gasteiger partial charge on any atom is 0.409 e. The molecule has 1 fully saturated rings. The van der Waals surface area contributed by atoms with Gasteiger partial charge >= 0.3 is 12.1 Å². The van der Waals surface area contributed by atoms with Gasteiger partial charge < -0.3 is 14.7 Å². The van der Waals surface area contributed by atoms with Gasteiger partial charge in [-0.15, -0.1) is 0 Å². The molecule has 0 spiro atoms. The molecule has 0 aromatic carbocycles. The lowest BCUT2D eigenvalue weighted by atomic mass is 9.95. The number of carbonyl (C=O) groups excluding carboxylic acids is 1. The van der Waals surface area contributed by atoms with Gasteiger partial charge in [-0.05, 0) is 5.92 Å². The van der Waals surface area contributed by atoms with Crippen molar-refractivity contribution < 1.29 is 19.4 Å². The van der Waals surface area contributed by atoms with E-state index in [4.69, 9.17) is 9.84 Å². The molecule has 0 bridgehead atoms. The summed E-state index contributed by atoms with van der Waals surface area (Å²) in [6.45, 7) is 4.77. The highest BCUT2D eigenvalue weighted by Gasteiger charge is 2.30. The van der Waals surface area contributed by atoms with E-state index in [1.165, 1.54) is 4.90 Å². The van der Waals surface area contributed by atoms with Crippen LogP contribution in [0.4, 0.5) is 4.79 Å². The number of nitrogens with zero attached hydrogens (tertiary/aromatic N) is 1. The normalized spacial score (nSPS) is 18.5. The van der Waals surface area contributed by atoms with Gasteiger partial charge in [-0.25, -0.2) is 4.79 Å². The van der Waals surface area contributed by atoms with E-state index < -0.39 is 18.0 Å². The molecular weight excluding hydrogens is 186 g/mol. The first-order valence-corrected chi connectivity index (χ1v) is 4.67. The average Bonchev–Trinajstić information content (AvgIpc) is 2.46. The third-order valence-corrected chi connectivity index (χ3v) is 2.38. The Morgan fingerprint density at radius 2 is 2.29 bits per heavy atom. The number of aliphatic carboxylic acids is 1. The Morgan fingerprint density at radius 1 is 1.64 bits per heavy atom. The summed E-state index contributed by atoms with van der Waals surface area (Å²) in [5.41, 5.74) is 0. The zero-order chi connectivity index (χ0) is 10.7. The molecule has 0 saturated carbocycles. The van der Waals surface area contributed by atoms with Gasteiger partial charge in [0.15, 0.2) is 0 Å². The number of rotatable bonds is 4. The van der Waals surface area contributed by atoms with E-state index in [-0.39, 0.29) is 12.5 Å². The van der Waals surface area contributed by atoms with Gasteiger partial charge in [-0.3, -0.25) is 4.79 Å². The molecule has 80 valence electrons. The van der Waals surface area contributed by atoms with Crippen molar-refractivity contribution in [3.63, 3.8) is 0 Å². The lowest BCUT2D eigenvalue weighted by Crippen LogP contribution is -2.36. The first-order chi connectivity index (χ1) is 6.52. The lowest BCUT2D eigenvalue weighted by Gasteiger charge is -2.21. The Balaban J connectivity index is 2.55. The fraction of sp³-hybridized carbons (Fsp3) is 0.778. The number of cyclic esters (lactones) is 1. The van der Waals surface area contributed by atoms with Crippen LogP contribution in [0, 0.1) is 11.8 Å². The summed E-state index contributed by atoms with van der Waals surface area (Å²) >= 11 is 0. The van der Waals surface area contributed by atoms with Crippen LogP contribution in [-0.2, 0) is 9.53 Å². The minimum Gasteiger partial charge on any atom is -0.481 e. The Labute approximate surface area is 82.6 Å². The first-order valence-electron chi connectivity index (χ1n) is 4.67. The van der Waals surface area contributed by atoms with Gasteiger partial charge in [0.1, 0.15) is 6.61 Å². The second-order valence-corrected chi connectivity index (χ2v) is 3.75. The maximum absolute atomic E-state index is 11.1. The van der Waals surface area contributed by atoms with E-state index in [1.54, 1.807) is 0 Å². The predicted octanol–water partition coefficient (Wildman–Crippen LogP) is 0.795. The summed E-state index contributed by atoms with van der Waals surface area (Å²) in [5.74, 6) is -1.36. The predicted molar refractivity (Wildman–Crippen MR) is 48.9 cm³/mol. The fourth-order valence-corrected chi connectivity index (χ4v) is 1.40. The van der Waals surface area contributed by atoms with Crippen molar-refractivity contribution in [1.82, 2.24) is 4.90 Å². The van der Waals surface area contributed by atoms with Crippen molar-refractivity contribution >= 4 is 12.1 Å². The molecule has 1 unspecified atom stereocenters. The summed E-state index contributed by atoms with van der Waals surface area (Å²) < 4.78 is 4.72. The highest BCUT2D eigenvalue weighted by Crippen LogP contribution is 2.15. The molecule has 0 aromatic heterocycles. The van der Waals surface area contributed by atoms with E-state index in [1.807, 2.05) is 13.8 Å². The highest BCUT2D eigenvalue weighted by atomic mass is 16.6. The molecule has 0 radical (unpaired) electrons. The topological polar surface area (TPSA) is 66.8 Å². The van der Waals surface area contributed by atoms with Gasteiger partial charge in [0.25, 0.3) is 0 Å². The molecule has 1 saturated heterocycles. The lowest BCUT2D eigenvalue weighted by molar-refractivity contribution is -0.143. The zero-order valence-electron chi connectivity index (χ0n) is 8.40. The van der Waals surface area contributed by atoms with Crippen LogP contribution in [0.15, 0.2) is 0 Å². The largest absolute Gasteiger partial charge is 0.481 e. The number of carbonyl (C=O) groups is 2. The van der Waals surface area contributed by atoms with Gasteiger partial charge in [0.2, 0.25) is 0 Å². The molecule has 0 aliphatic carbocycles. The van der Waals surface area contributed by atoms with Crippen LogP contribution in [0.25, 0.3) is 0 Å². The summed E-state index contributed by atoms with van der Waals surface area (Å²) in [6.07, 6.45) is -0.406. The van der Waals surface area contributed by atoms with E-state index in [0.29, 0.717) is 13.2 Å². The van der Waals surface area contributed by atoms with Crippen LogP contribution < -0.4 is 0 Å². The van der Waals surface area contributed by atoms with Crippen molar-refractivity contribution in [3.05, 3.63) is 0 Å². The van der Waals surface area contributed by atoms with Crippen LogP contribution in [0.5, 0.6) is 0 Å². The quantitative estimate of drug-likeness (QED) is 0.730. The monoisotopic (exact) mass is 201 g/mol. The Kier molecular flexibility index (Phi) is 3.33. The zero-order valence-corrected chi connectivity index (χ0v) is 8.40.